The van der Waals surface area contributed by atoms with E-state index in [9.17, 15) is 13.6 Å². The molecular weight excluding hydrogens is 348 g/mol. The topological polar surface area (TPSA) is 39.3 Å². The molecule has 140 valence electrons. The summed E-state index contributed by atoms with van der Waals surface area (Å²) in [7, 11) is 0. The van der Waals surface area contributed by atoms with E-state index in [4.69, 9.17) is 0 Å². The van der Waals surface area contributed by atoms with Gasteiger partial charge in [-0.3, -0.25) is 4.79 Å². The van der Waals surface area contributed by atoms with E-state index in [2.05, 4.69) is 9.88 Å². The number of halogens is 2. The molecule has 1 aromatic heterocycles. The van der Waals surface area contributed by atoms with Crippen LogP contribution in [0.15, 0.2) is 42.5 Å². The van der Waals surface area contributed by atoms with Crippen molar-refractivity contribution in [3.63, 3.8) is 0 Å². The van der Waals surface area contributed by atoms with Crippen LogP contribution in [0.4, 0.5) is 14.5 Å². The van der Waals surface area contributed by atoms with E-state index in [1.54, 1.807) is 18.2 Å². The van der Waals surface area contributed by atoms with Crippen molar-refractivity contribution in [3.8, 4) is 0 Å². The van der Waals surface area contributed by atoms with Gasteiger partial charge in [0.25, 0.3) is 0 Å². The Kier molecular flexibility index (Phi) is 4.56. The number of aromatic nitrogens is 1. The molecule has 3 aromatic rings. The highest BCUT2D eigenvalue weighted by Crippen LogP contribution is 2.24. The fraction of sp³-hybridized carbons (Fsp3) is 0.286. The van der Waals surface area contributed by atoms with Gasteiger partial charge in [0.2, 0.25) is 5.91 Å². The minimum Gasteiger partial charge on any atom is -0.368 e. The number of benzene rings is 2. The first-order valence-electron chi connectivity index (χ1n) is 9.06. The zero-order valence-electron chi connectivity index (χ0n) is 15.1. The Morgan fingerprint density at radius 2 is 1.67 bits per heavy atom. The maximum atomic E-state index is 13.6. The Morgan fingerprint density at radius 3 is 2.37 bits per heavy atom. The maximum absolute atomic E-state index is 13.6. The number of hydrogen-bond acceptors (Lipinski definition) is 2. The lowest BCUT2D eigenvalue weighted by Gasteiger charge is -2.36. The zero-order chi connectivity index (χ0) is 19.0. The summed E-state index contributed by atoms with van der Waals surface area (Å²) in [6.45, 7) is 4.56. The highest BCUT2D eigenvalue weighted by atomic mass is 19.1. The van der Waals surface area contributed by atoms with Crippen molar-refractivity contribution in [1.29, 1.82) is 0 Å². The number of H-pyrrole nitrogens is 1. The summed E-state index contributed by atoms with van der Waals surface area (Å²) in [5, 5.41) is 0.769. The van der Waals surface area contributed by atoms with Crippen LogP contribution in [0.25, 0.3) is 10.9 Å². The van der Waals surface area contributed by atoms with E-state index in [0.717, 1.165) is 27.8 Å². The third-order valence-electron chi connectivity index (χ3n) is 5.23. The van der Waals surface area contributed by atoms with E-state index >= 15 is 0 Å². The van der Waals surface area contributed by atoms with Crippen LogP contribution < -0.4 is 4.90 Å². The molecule has 1 amide bonds. The molecule has 0 unspecified atom stereocenters. The number of piperazine rings is 1. The second-order valence-corrected chi connectivity index (χ2v) is 6.94. The number of rotatable bonds is 3. The summed E-state index contributed by atoms with van der Waals surface area (Å²) in [6.07, 6.45) is 0.256. The first kappa shape index (κ1) is 17.5. The number of nitrogens with zero attached hydrogens (tertiary/aromatic N) is 2. The number of nitrogens with one attached hydrogen (secondary N) is 1. The van der Waals surface area contributed by atoms with E-state index in [-0.39, 0.29) is 24.0 Å². The SMILES string of the molecule is Cc1[nH]c2ccc(F)cc2c1CC(=O)N1CCN(c2ccc(F)cc2)CC1. The van der Waals surface area contributed by atoms with Crippen molar-refractivity contribution in [1.82, 2.24) is 9.88 Å². The van der Waals surface area contributed by atoms with E-state index < -0.39 is 0 Å². The van der Waals surface area contributed by atoms with Gasteiger partial charge in [-0.05, 0) is 55.0 Å². The molecule has 0 spiro atoms. The van der Waals surface area contributed by atoms with Crippen LogP contribution in [-0.4, -0.2) is 42.0 Å². The Labute approximate surface area is 156 Å². The molecule has 1 aliphatic heterocycles. The molecule has 1 saturated heterocycles. The van der Waals surface area contributed by atoms with Gasteiger partial charge in [0, 0.05) is 48.5 Å². The van der Waals surface area contributed by atoms with Crippen LogP contribution in [0.3, 0.4) is 0 Å². The molecule has 1 aliphatic rings. The van der Waals surface area contributed by atoms with Crippen LogP contribution in [0.1, 0.15) is 11.3 Å². The minimum absolute atomic E-state index is 0.0435. The molecule has 1 fully saturated rings. The fourth-order valence-corrected chi connectivity index (χ4v) is 3.71. The average molecular weight is 369 g/mol. The lowest BCUT2D eigenvalue weighted by atomic mass is 10.1. The summed E-state index contributed by atoms with van der Waals surface area (Å²) in [4.78, 5) is 20.0. The molecule has 0 aliphatic carbocycles. The molecule has 4 nitrogen and oxygen atoms in total. The first-order valence-corrected chi connectivity index (χ1v) is 9.06. The Balaban J connectivity index is 1.44. The summed E-state index contributed by atoms with van der Waals surface area (Å²) in [5.74, 6) is -0.511. The number of carbonyl (C=O) groups is 1. The molecule has 0 saturated carbocycles. The van der Waals surface area contributed by atoms with Crippen molar-refractivity contribution >= 4 is 22.5 Å². The number of aryl methyl sites for hydroxylation is 1. The monoisotopic (exact) mass is 369 g/mol. The number of fused-ring (bicyclic) bond motifs is 1. The molecule has 2 aromatic carbocycles. The van der Waals surface area contributed by atoms with Gasteiger partial charge >= 0.3 is 0 Å². The molecule has 0 radical (unpaired) electrons. The average Bonchev–Trinajstić information content (AvgIpc) is 2.97. The summed E-state index contributed by atoms with van der Waals surface area (Å²) < 4.78 is 26.7. The third kappa shape index (κ3) is 3.52. The smallest absolute Gasteiger partial charge is 0.227 e. The Hall–Kier alpha value is -2.89. The number of aromatic amines is 1. The third-order valence-corrected chi connectivity index (χ3v) is 5.23. The molecule has 6 heteroatoms. The van der Waals surface area contributed by atoms with Crippen molar-refractivity contribution in [2.24, 2.45) is 0 Å². The Bertz CT molecular complexity index is 973. The normalized spacial score (nSPS) is 14.8. The second-order valence-electron chi connectivity index (χ2n) is 6.94. The lowest BCUT2D eigenvalue weighted by Crippen LogP contribution is -2.49. The van der Waals surface area contributed by atoms with Gasteiger partial charge in [-0.1, -0.05) is 0 Å². The summed E-state index contributed by atoms with van der Waals surface area (Å²) in [6, 6.07) is 11.0. The van der Waals surface area contributed by atoms with Crippen molar-refractivity contribution < 1.29 is 13.6 Å². The number of hydrogen-bond donors (Lipinski definition) is 1. The molecule has 0 bridgehead atoms. The standard InChI is InChI=1S/C21H21F2N3O/c1-14-18(19-12-16(23)4-7-20(19)24-14)13-21(27)26-10-8-25(9-11-26)17-5-2-15(22)3-6-17/h2-7,12,24H,8-11,13H2,1H3. The van der Waals surface area contributed by atoms with Crippen LogP contribution in [0.2, 0.25) is 0 Å². The molecule has 27 heavy (non-hydrogen) atoms. The number of anilines is 1. The minimum atomic E-state index is -0.303. The molecule has 4 rings (SSSR count). The van der Waals surface area contributed by atoms with Crippen LogP contribution >= 0.6 is 0 Å². The van der Waals surface area contributed by atoms with Gasteiger partial charge in [-0.2, -0.15) is 0 Å². The number of carbonyl (C=O) groups excluding carboxylic acids is 1. The van der Waals surface area contributed by atoms with E-state index in [0.29, 0.717) is 26.2 Å². The second kappa shape index (κ2) is 7.02. The molecular formula is C21H21F2N3O. The highest BCUT2D eigenvalue weighted by Gasteiger charge is 2.23. The first-order chi connectivity index (χ1) is 13.0. The molecule has 2 heterocycles. The van der Waals surface area contributed by atoms with Gasteiger partial charge in [-0.25, -0.2) is 8.78 Å². The Morgan fingerprint density at radius 1 is 1.00 bits per heavy atom. The van der Waals surface area contributed by atoms with Crippen molar-refractivity contribution in [2.45, 2.75) is 13.3 Å². The van der Waals surface area contributed by atoms with E-state index in [1.807, 2.05) is 11.8 Å². The lowest BCUT2D eigenvalue weighted by molar-refractivity contribution is -0.130. The zero-order valence-corrected chi connectivity index (χ0v) is 15.1. The number of amides is 1. The van der Waals surface area contributed by atoms with Crippen molar-refractivity contribution in [2.75, 3.05) is 31.1 Å². The predicted octanol–water partition coefficient (Wildman–Crippen LogP) is 3.65. The predicted molar refractivity (Wildman–Crippen MR) is 102 cm³/mol. The maximum Gasteiger partial charge on any atom is 0.227 e. The molecule has 1 N–H and O–H groups in total. The quantitative estimate of drug-likeness (QED) is 0.766. The van der Waals surface area contributed by atoms with Gasteiger partial charge in [0.05, 0.1) is 6.42 Å². The highest BCUT2D eigenvalue weighted by molar-refractivity contribution is 5.90. The largest absolute Gasteiger partial charge is 0.368 e. The summed E-state index contributed by atoms with van der Waals surface area (Å²) >= 11 is 0. The van der Waals surface area contributed by atoms with Gasteiger partial charge in [-0.15, -0.1) is 0 Å². The van der Waals surface area contributed by atoms with Gasteiger partial charge < -0.3 is 14.8 Å². The van der Waals surface area contributed by atoms with Gasteiger partial charge in [0.15, 0.2) is 0 Å². The summed E-state index contributed by atoms with van der Waals surface area (Å²) in [5.41, 5.74) is 3.56. The fourth-order valence-electron chi connectivity index (χ4n) is 3.71. The van der Waals surface area contributed by atoms with Gasteiger partial charge in [0.1, 0.15) is 11.6 Å². The van der Waals surface area contributed by atoms with E-state index in [1.165, 1.54) is 24.3 Å². The van der Waals surface area contributed by atoms with Crippen LogP contribution in [0, 0.1) is 18.6 Å². The molecule has 0 atom stereocenters. The van der Waals surface area contributed by atoms with Crippen molar-refractivity contribution in [3.05, 3.63) is 65.4 Å². The van der Waals surface area contributed by atoms with Crippen LogP contribution in [0.5, 0.6) is 0 Å². The van der Waals surface area contributed by atoms with Crippen LogP contribution in [-0.2, 0) is 11.2 Å².